The van der Waals surface area contributed by atoms with Crippen molar-refractivity contribution >= 4 is 5.91 Å². The first-order valence-corrected chi connectivity index (χ1v) is 9.84. The summed E-state index contributed by atoms with van der Waals surface area (Å²) in [6.45, 7) is 3.09. The molecule has 2 aliphatic rings. The molecule has 3 aromatic rings. The van der Waals surface area contributed by atoms with Gasteiger partial charge in [0.2, 0.25) is 5.82 Å². The van der Waals surface area contributed by atoms with Gasteiger partial charge in [-0.25, -0.2) is 9.37 Å². The van der Waals surface area contributed by atoms with Gasteiger partial charge in [-0.15, -0.1) is 0 Å². The van der Waals surface area contributed by atoms with Gasteiger partial charge in [-0.2, -0.15) is 0 Å². The lowest BCUT2D eigenvalue weighted by Gasteiger charge is -2.29. The van der Waals surface area contributed by atoms with Crippen LogP contribution in [-0.2, 0) is 6.67 Å². The Morgan fingerprint density at radius 3 is 2.83 bits per heavy atom. The van der Waals surface area contributed by atoms with E-state index < -0.39 is 5.82 Å². The van der Waals surface area contributed by atoms with Crippen molar-refractivity contribution in [3.05, 3.63) is 60.1 Å². The highest BCUT2D eigenvalue weighted by molar-refractivity contribution is 5.94. The maximum absolute atomic E-state index is 14.7. The van der Waals surface area contributed by atoms with E-state index in [0.29, 0.717) is 29.7 Å². The van der Waals surface area contributed by atoms with Gasteiger partial charge in [0.05, 0.1) is 24.3 Å². The molecule has 29 heavy (non-hydrogen) atoms. The Morgan fingerprint density at radius 2 is 2.14 bits per heavy atom. The van der Waals surface area contributed by atoms with Gasteiger partial charge < -0.3 is 14.2 Å². The largest absolute Gasteiger partial charge is 0.453 e. The van der Waals surface area contributed by atoms with Gasteiger partial charge in [-0.1, -0.05) is 6.42 Å². The van der Waals surface area contributed by atoms with Crippen LogP contribution in [0.2, 0.25) is 0 Å². The molecule has 1 aliphatic carbocycles. The van der Waals surface area contributed by atoms with Gasteiger partial charge in [0.1, 0.15) is 5.75 Å². The van der Waals surface area contributed by atoms with Gasteiger partial charge >= 0.3 is 0 Å². The van der Waals surface area contributed by atoms with Crippen LogP contribution in [0.25, 0.3) is 11.3 Å². The fraction of sp³-hybridized carbons (Fsp3) is 0.318. The van der Waals surface area contributed by atoms with E-state index in [1.54, 1.807) is 30.5 Å². The second-order valence-corrected chi connectivity index (χ2v) is 7.70. The van der Waals surface area contributed by atoms with Gasteiger partial charge in [0.15, 0.2) is 11.6 Å². The fourth-order valence-corrected chi connectivity index (χ4v) is 4.01. The minimum absolute atomic E-state index is 0.0387. The summed E-state index contributed by atoms with van der Waals surface area (Å²) in [6, 6.07) is 8.27. The molecule has 0 N–H and O–H groups in total. The predicted molar refractivity (Wildman–Crippen MR) is 105 cm³/mol. The summed E-state index contributed by atoms with van der Waals surface area (Å²) >= 11 is 0. The topological polar surface area (TPSA) is 60.2 Å². The lowest BCUT2D eigenvalue weighted by Crippen LogP contribution is -2.33. The van der Waals surface area contributed by atoms with Crippen molar-refractivity contribution < 1.29 is 13.9 Å². The average Bonchev–Trinajstić information content (AvgIpc) is 3.16. The first-order chi connectivity index (χ1) is 14.1. The van der Waals surface area contributed by atoms with Crippen molar-refractivity contribution in [2.45, 2.75) is 32.9 Å². The maximum atomic E-state index is 14.7. The number of amides is 1. The number of pyridine rings is 1. The van der Waals surface area contributed by atoms with Crippen molar-refractivity contribution in [2.75, 3.05) is 6.54 Å². The molecule has 7 heteroatoms. The Labute approximate surface area is 168 Å². The van der Waals surface area contributed by atoms with Crippen LogP contribution < -0.4 is 4.74 Å². The average molecular weight is 392 g/mol. The molecule has 1 amide bonds. The van der Waals surface area contributed by atoms with Crippen molar-refractivity contribution in [2.24, 2.45) is 5.92 Å². The van der Waals surface area contributed by atoms with E-state index in [9.17, 15) is 9.18 Å². The van der Waals surface area contributed by atoms with Crippen molar-refractivity contribution in [3.8, 4) is 22.8 Å². The van der Waals surface area contributed by atoms with Gasteiger partial charge in [-0.05, 0) is 56.0 Å². The Hall–Kier alpha value is -3.22. The summed E-state index contributed by atoms with van der Waals surface area (Å²) in [5, 5.41) is 0. The van der Waals surface area contributed by atoms with E-state index >= 15 is 0 Å². The molecule has 6 nitrogen and oxygen atoms in total. The number of aromatic nitrogens is 3. The Morgan fingerprint density at radius 1 is 1.28 bits per heavy atom. The molecule has 0 atom stereocenters. The predicted octanol–water partition coefficient (Wildman–Crippen LogP) is 4.40. The fourth-order valence-electron chi connectivity index (χ4n) is 4.01. The van der Waals surface area contributed by atoms with Gasteiger partial charge in [0.25, 0.3) is 5.91 Å². The summed E-state index contributed by atoms with van der Waals surface area (Å²) in [6.07, 6.45) is 6.77. The Balaban J connectivity index is 1.43. The SMILES string of the molecule is Cc1nc2n(c1-c1ccc(Oc3cccnc3)c(F)c1)CN(CC1CCC1)C2=O. The summed E-state index contributed by atoms with van der Waals surface area (Å²) in [4.78, 5) is 23.0. The van der Waals surface area contributed by atoms with Crippen LogP contribution in [0.5, 0.6) is 11.5 Å². The second kappa shape index (κ2) is 6.99. The van der Waals surface area contributed by atoms with Crippen LogP contribution in [0.3, 0.4) is 0 Å². The number of fused-ring (bicyclic) bond motifs is 1. The number of hydrogen-bond acceptors (Lipinski definition) is 4. The summed E-state index contributed by atoms with van der Waals surface area (Å²) in [7, 11) is 0. The van der Waals surface area contributed by atoms with Crippen LogP contribution in [-0.4, -0.2) is 31.9 Å². The zero-order valence-electron chi connectivity index (χ0n) is 16.1. The summed E-state index contributed by atoms with van der Waals surface area (Å²) < 4.78 is 22.2. The molecule has 0 radical (unpaired) electrons. The second-order valence-electron chi connectivity index (χ2n) is 7.70. The van der Waals surface area contributed by atoms with E-state index in [-0.39, 0.29) is 11.7 Å². The number of rotatable bonds is 5. The molecule has 1 saturated carbocycles. The highest BCUT2D eigenvalue weighted by Gasteiger charge is 2.35. The molecule has 0 unspecified atom stereocenters. The number of imidazole rings is 1. The minimum Gasteiger partial charge on any atom is -0.453 e. The molecule has 0 spiro atoms. The molecular formula is C22H21FN4O2. The minimum atomic E-state index is -0.475. The van der Waals surface area contributed by atoms with E-state index in [1.807, 2.05) is 16.4 Å². The molecule has 2 aromatic heterocycles. The molecule has 148 valence electrons. The smallest absolute Gasteiger partial charge is 0.291 e. The number of carbonyl (C=O) groups is 1. The molecular weight excluding hydrogens is 371 g/mol. The zero-order valence-corrected chi connectivity index (χ0v) is 16.1. The van der Waals surface area contributed by atoms with Gasteiger partial charge in [-0.3, -0.25) is 9.78 Å². The molecule has 1 aliphatic heterocycles. The Bertz CT molecular complexity index is 1080. The number of benzene rings is 1. The third-order valence-corrected chi connectivity index (χ3v) is 5.70. The van der Waals surface area contributed by atoms with Crippen LogP contribution in [0.1, 0.15) is 35.6 Å². The van der Waals surface area contributed by atoms with E-state index in [2.05, 4.69) is 9.97 Å². The number of carbonyl (C=O) groups excluding carboxylic acids is 1. The van der Waals surface area contributed by atoms with Crippen molar-refractivity contribution in [3.63, 3.8) is 0 Å². The first kappa shape index (κ1) is 17.8. The maximum Gasteiger partial charge on any atom is 0.291 e. The Kier molecular flexibility index (Phi) is 4.30. The molecule has 1 aromatic carbocycles. The number of ether oxygens (including phenoxy) is 1. The van der Waals surface area contributed by atoms with Gasteiger partial charge in [0, 0.05) is 18.3 Å². The number of halogens is 1. The third kappa shape index (κ3) is 3.16. The normalized spacial score (nSPS) is 16.1. The highest BCUT2D eigenvalue weighted by Crippen LogP contribution is 2.34. The number of aryl methyl sites for hydroxylation is 1. The van der Waals surface area contributed by atoms with Crippen LogP contribution in [0.4, 0.5) is 4.39 Å². The lowest BCUT2D eigenvalue weighted by atomic mass is 9.85. The van der Waals surface area contributed by atoms with Crippen LogP contribution >= 0.6 is 0 Å². The molecule has 3 heterocycles. The molecule has 1 fully saturated rings. The van der Waals surface area contributed by atoms with Crippen molar-refractivity contribution in [1.82, 2.24) is 19.4 Å². The van der Waals surface area contributed by atoms with Crippen LogP contribution in [0.15, 0.2) is 42.7 Å². The third-order valence-electron chi connectivity index (χ3n) is 5.70. The van der Waals surface area contributed by atoms with Crippen LogP contribution in [0, 0.1) is 18.7 Å². The van der Waals surface area contributed by atoms with E-state index in [4.69, 9.17) is 4.74 Å². The molecule has 0 saturated heterocycles. The van der Waals surface area contributed by atoms with E-state index in [0.717, 1.165) is 17.9 Å². The quantitative estimate of drug-likeness (QED) is 0.646. The number of nitrogens with zero attached hydrogens (tertiary/aromatic N) is 4. The summed E-state index contributed by atoms with van der Waals surface area (Å²) in [5.74, 6) is 1.11. The highest BCUT2D eigenvalue weighted by atomic mass is 19.1. The van der Waals surface area contributed by atoms with Crippen molar-refractivity contribution in [1.29, 1.82) is 0 Å². The molecule has 5 rings (SSSR count). The first-order valence-electron chi connectivity index (χ1n) is 9.84. The molecule has 0 bridgehead atoms. The standard InChI is InChI=1S/C22H21FN4O2/c1-14-20(27-13-26(12-15-4-2-5-15)22(28)21(27)25-14)16-7-8-19(18(23)10-16)29-17-6-3-9-24-11-17/h3,6-11,15H,2,4-5,12-13H2,1H3. The number of hydrogen-bond donors (Lipinski definition) is 0. The lowest BCUT2D eigenvalue weighted by molar-refractivity contribution is 0.0702. The van der Waals surface area contributed by atoms with E-state index in [1.165, 1.54) is 31.5 Å². The summed E-state index contributed by atoms with van der Waals surface area (Å²) in [5.41, 5.74) is 2.17. The zero-order chi connectivity index (χ0) is 20.0. The monoisotopic (exact) mass is 392 g/mol.